The van der Waals surface area contributed by atoms with Crippen LogP contribution < -0.4 is 10.6 Å². The second-order valence-corrected chi connectivity index (χ2v) is 8.45. The standard InChI is InChI=1S/C22H28N6O4/c29-21(16-6-7-19(20(14-16)28(31)32)27-13-10-23-15-27)26-11-8-18(9-12-26)25-22(30)24-17-4-2-1-3-5-17/h6-7,10,13-15,17-18H,1-5,8-9,11-12H2,(H2,24,25,30). The van der Waals surface area contributed by atoms with Gasteiger partial charge in [0.1, 0.15) is 5.69 Å². The average Bonchev–Trinajstić information content (AvgIpc) is 3.34. The number of aromatic nitrogens is 2. The van der Waals surface area contributed by atoms with Gasteiger partial charge in [0.2, 0.25) is 0 Å². The van der Waals surface area contributed by atoms with Crippen molar-refractivity contribution >= 4 is 17.6 Å². The van der Waals surface area contributed by atoms with Crippen molar-refractivity contribution in [1.29, 1.82) is 0 Å². The van der Waals surface area contributed by atoms with E-state index in [1.165, 1.54) is 25.0 Å². The molecule has 0 spiro atoms. The lowest BCUT2D eigenvalue weighted by molar-refractivity contribution is -0.384. The normalized spacial score (nSPS) is 17.7. The van der Waals surface area contributed by atoms with E-state index in [0.29, 0.717) is 31.6 Å². The number of nitrogens with one attached hydrogen (secondary N) is 2. The molecular formula is C22H28N6O4. The van der Waals surface area contributed by atoms with Gasteiger partial charge < -0.3 is 20.1 Å². The summed E-state index contributed by atoms with van der Waals surface area (Å²) in [6.07, 6.45) is 11.6. The summed E-state index contributed by atoms with van der Waals surface area (Å²) in [6.45, 7) is 0.981. The molecule has 2 fully saturated rings. The number of nitro benzene ring substituents is 1. The van der Waals surface area contributed by atoms with Gasteiger partial charge in [-0.1, -0.05) is 19.3 Å². The van der Waals surface area contributed by atoms with E-state index in [4.69, 9.17) is 0 Å². The minimum Gasteiger partial charge on any atom is -0.338 e. The van der Waals surface area contributed by atoms with Gasteiger partial charge >= 0.3 is 6.03 Å². The summed E-state index contributed by atoms with van der Waals surface area (Å²) >= 11 is 0. The minimum absolute atomic E-state index is 0.0144. The number of hydrogen-bond donors (Lipinski definition) is 2. The van der Waals surface area contributed by atoms with E-state index >= 15 is 0 Å². The van der Waals surface area contributed by atoms with Gasteiger partial charge in [0.25, 0.3) is 11.6 Å². The largest absolute Gasteiger partial charge is 0.338 e. The van der Waals surface area contributed by atoms with Crippen LogP contribution in [0.15, 0.2) is 36.9 Å². The van der Waals surface area contributed by atoms with Crippen LogP contribution in [0.3, 0.4) is 0 Å². The molecule has 1 aliphatic carbocycles. The van der Waals surface area contributed by atoms with Crippen LogP contribution in [0.5, 0.6) is 0 Å². The molecule has 32 heavy (non-hydrogen) atoms. The second-order valence-electron chi connectivity index (χ2n) is 8.45. The number of nitro groups is 1. The lowest BCUT2D eigenvalue weighted by Gasteiger charge is -2.33. The number of rotatable bonds is 5. The highest BCUT2D eigenvalue weighted by Crippen LogP contribution is 2.25. The molecule has 4 rings (SSSR count). The number of amides is 3. The number of urea groups is 1. The fourth-order valence-electron chi connectivity index (χ4n) is 4.49. The van der Waals surface area contributed by atoms with Crippen LogP contribution in [0.25, 0.3) is 5.69 Å². The summed E-state index contributed by atoms with van der Waals surface area (Å²) in [5.41, 5.74) is 0.489. The van der Waals surface area contributed by atoms with Gasteiger partial charge in [0.15, 0.2) is 0 Å². The van der Waals surface area contributed by atoms with Crippen LogP contribution in [0.4, 0.5) is 10.5 Å². The van der Waals surface area contributed by atoms with Crippen molar-refractivity contribution in [3.63, 3.8) is 0 Å². The van der Waals surface area contributed by atoms with E-state index in [1.807, 2.05) is 0 Å². The molecule has 2 N–H and O–H groups in total. The molecular weight excluding hydrogens is 412 g/mol. The third-order valence-corrected chi connectivity index (χ3v) is 6.26. The molecule has 0 atom stereocenters. The van der Waals surface area contributed by atoms with Crippen LogP contribution in [0.1, 0.15) is 55.3 Å². The fourth-order valence-corrected chi connectivity index (χ4v) is 4.49. The van der Waals surface area contributed by atoms with Gasteiger partial charge in [-0.25, -0.2) is 9.78 Å². The van der Waals surface area contributed by atoms with Crippen LogP contribution in [-0.2, 0) is 0 Å². The molecule has 1 aromatic carbocycles. The third kappa shape index (κ3) is 5.06. The van der Waals surface area contributed by atoms with Crippen LogP contribution >= 0.6 is 0 Å². The highest BCUT2D eigenvalue weighted by molar-refractivity contribution is 5.95. The van der Waals surface area contributed by atoms with E-state index in [0.717, 1.165) is 25.7 Å². The first-order valence-electron chi connectivity index (χ1n) is 11.1. The Morgan fingerprint density at radius 1 is 1.03 bits per heavy atom. The quantitative estimate of drug-likeness (QED) is 0.547. The highest BCUT2D eigenvalue weighted by atomic mass is 16.6. The maximum atomic E-state index is 12.9. The Balaban J connectivity index is 1.33. The zero-order valence-electron chi connectivity index (χ0n) is 17.9. The molecule has 1 aliphatic heterocycles. The van der Waals surface area contributed by atoms with E-state index in [1.54, 1.807) is 27.8 Å². The fraction of sp³-hybridized carbons (Fsp3) is 0.500. The molecule has 2 aliphatic rings. The van der Waals surface area contributed by atoms with Crippen LogP contribution in [0, 0.1) is 10.1 Å². The van der Waals surface area contributed by atoms with Crippen molar-refractivity contribution in [1.82, 2.24) is 25.1 Å². The molecule has 0 bridgehead atoms. The van der Waals surface area contributed by atoms with Crippen molar-refractivity contribution < 1.29 is 14.5 Å². The molecule has 2 heterocycles. The summed E-state index contributed by atoms with van der Waals surface area (Å²) < 4.78 is 1.54. The second kappa shape index (κ2) is 9.80. The van der Waals surface area contributed by atoms with Crippen molar-refractivity contribution in [2.45, 2.75) is 57.0 Å². The molecule has 1 aromatic heterocycles. The smallest absolute Gasteiger partial charge is 0.315 e. The van der Waals surface area contributed by atoms with Crippen LogP contribution in [-0.4, -0.2) is 56.5 Å². The zero-order valence-corrected chi connectivity index (χ0v) is 17.9. The minimum atomic E-state index is -0.493. The Morgan fingerprint density at radius 2 is 1.72 bits per heavy atom. The number of imidazole rings is 1. The van der Waals surface area contributed by atoms with E-state index in [2.05, 4.69) is 15.6 Å². The Kier molecular flexibility index (Phi) is 6.67. The third-order valence-electron chi connectivity index (χ3n) is 6.26. The molecule has 0 radical (unpaired) electrons. The maximum Gasteiger partial charge on any atom is 0.315 e. The molecule has 10 nitrogen and oxygen atoms in total. The molecule has 1 saturated carbocycles. The Morgan fingerprint density at radius 3 is 2.34 bits per heavy atom. The van der Waals surface area contributed by atoms with Crippen LogP contribution in [0.2, 0.25) is 0 Å². The van der Waals surface area contributed by atoms with Gasteiger partial charge in [0, 0.05) is 49.2 Å². The number of nitrogens with zero attached hydrogens (tertiary/aromatic N) is 4. The average molecular weight is 441 g/mol. The van der Waals surface area contributed by atoms with E-state index in [-0.39, 0.29) is 35.3 Å². The van der Waals surface area contributed by atoms with Gasteiger partial charge in [-0.2, -0.15) is 0 Å². The molecule has 3 amide bonds. The Hall–Kier alpha value is -3.43. The molecule has 1 saturated heterocycles. The number of likely N-dealkylation sites (tertiary alicyclic amines) is 1. The van der Waals surface area contributed by atoms with Crippen molar-refractivity contribution in [3.8, 4) is 5.69 Å². The van der Waals surface area contributed by atoms with Crippen molar-refractivity contribution in [3.05, 3.63) is 52.6 Å². The van der Waals surface area contributed by atoms with Crippen molar-refractivity contribution in [2.75, 3.05) is 13.1 Å². The van der Waals surface area contributed by atoms with Crippen molar-refractivity contribution in [2.24, 2.45) is 0 Å². The first-order chi connectivity index (χ1) is 15.5. The molecule has 2 aromatic rings. The first kappa shape index (κ1) is 21.8. The number of carbonyl (C=O) groups excluding carboxylic acids is 2. The zero-order chi connectivity index (χ0) is 22.5. The predicted octanol–water partition coefficient (Wildman–Crippen LogP) is 3.02. The van der Waals surface area contributed by atoms with E-state index < -0.39 is 4.92 Å². The van der Waals surface area contributed by atoms with Gasteiger partial charge in [-0.05, 0) is 37.8 Å². The molecule has 10 heteroatoms. The number of hydrogen-bond acceptors (Lipinski definition) is 5. The van der Waals surface area contributed by atoms with Gasteiger partial charge in [0.05, 0.1) is 11.3 Å². The predicted molar refractivity (Wildman–Crippen MR) is 118 cm³/mol. The number of piperidine rings is 1. The van der Waals surface area contributed by atoms with Gasteiger partial charge in [-0.3, -0.25) is 14.9 Å². The Labute approximate surface area is 186 Å². The molecule has 0 unspecified atom stereocenters. The highest BCUT2D eigenvalue weighted by Gasteiger charge is 2.27. The number of benzene rings is 1. The Bertz CT molecular complexity index is 963. The molecule has 170 valence electrons. The summed E-state index contributed by atoms with van der Waals surface area (Å²) in [4.78, 5) is 41.9. The SMILES string of the molecule is O=C(NC1CCCCC1)NC1CCN(C(=O)c2ccc(-n3ccnc3)c([N+](=O)[O-])c2)CC1. The summed E-state index contributed by atoms with van der Waals surface area (Å²) in [6, 6.07) is 4.63. The van der Waals surface area contributed by atoms with Gasteiger partial charge in [-0.15, -0.1) is 0 Å². The topological polar surface area (TPSA) is 122 Å². The number of carbonyl (C=O) groups is 2. The summed E-state index contributed by atoms with van der Waals surface area (Å²) in [5, 5.41) is 17.6. The lowest BCUT2D eigenvalue weighted by Crippen LogP contribution is -2.51. The summed E-state index contributed by atoms with van der Waals surface area (Å²) in [7, 11) is 0. The monoisotopic (exact) mass is 440 g/mol. The summed E-state index contributed by atoms with van der Waals surface area (Å²) in [5.74, 6) is -0.240. The lowest BCUT2D eigenvalue weighted by atomic mass is 9.96. The van der Waals surface area contributed by atoms with E-state index in [9.17, 15) is 19.7 Å². The first-order valence-corrected chi connectivity index (χ1v) is 11.1. The maximum absolute atomic E-state index is 12.9.